The van der Waals surface area contributed by atoms with Crippen molar-refractivity contribution in [3.63, 3.8) is 0 Å². The first-order valence-corrected chi connectivity index (χ1v) is 4.83. The van der Waals surface area contributed by atoms with E-state index < -0.39 is 35.4 Å². The molecule has 20 heavy (non-hydrogen) atoms. The Bertz CT molecular complexity index is 495. The summed E-state index contributed by atoms with van der Waals surface area (Å²) < 4.78 is 92.4. The zero-order valence-corrected chi connectivity index (χ0v) is 9.64. The molecule has 1 aromatic rings. The van der Waals surface area contributed by atoms with E-state index in [0.717, 1.165) is 13.2 Å². The van der Waals surface area contributed by atoms with Gasteiger partial charge in [-0.05, 0) is 12.1 Å². The van der Waals surface area contributed by atoms with Gasteiger partial charge in [0.25, 0.3) is 0 Å². The lowest BCUT2D eigenvalue weighted by Crippen LogP contribution is -2.51. The van der Waals surface area contributed by atoms with Gasteiger partial charge in [0.15, 0.2) is 0 Å². The molecule has 0 aliphatic rings. The number of esters is 1. The van der Waals surface area contributed by atoms with Crippen LogP contribution < -0.4 is 0 Å². The molecule has 0 aliphatic carbocycles. The Balaban J connectivity index is 3.49. The van der Waals surface area contributed by atoms with Crippen molar-refractivity contribution in [3.8, 4) is 0 Å². The fourth-order valence-corrected chi connectivity index (χ4v) is 1.30. The Hall–Kier alpha value is -1.87. The fourth-order valence-electron chi connectivity index (χ4n) is 1.30. The van der Waals surface area contributed by atoms with Gasteiger partial charge < -0.3 is 4.74 Å². The largest absolute Gasteiger partial charge is 0.464 e. The Labute approximate surface area is 107 Å². The van der Waals surface area contributed by atoms with Crippen LogP contribution in [0.2, 0.25) is 0 Å². The molecule has 1 heterocycles. The molecular weight excluding hydrogens is 299 g/mol. The monoisotopic (exact) mass is 305 g/mol. The van der Waals surface area contributed by atoms with Crippen molar-refractivity contribution in [1.82, 2.24) is 4.98 Å². The summed E-state index contributed by atoms with van der Waals surface area (Å²) in [4.78, 5) is 13.8. The Morgan fingerprint density at radius 3 is 1.95 bits per heavy atom. The first-order valence-electron chi connectivity index (χ1n) is 4.83. The van der Waals surface area contributed by atoms with Crippen molar-refractivity contribution < 1.29 is 40.3 Å². The van der Waals surface area contributed by atoms with E-state index in [1.54, 1.807) is 0 Å². The molecule has 0 fully saturated rings. The highest BCUT2D eigenvalue weighted by Gasteiger charge is 2.74. The first-order chi connectivity index (χ1) is 8.95. The number of halogens is 7. The molecule has 0 N–H and O–H groups in total. The van der Waals surface area contributed by atoms with E-state index in [9.17, 15) is 35.5 Å². The van der Waals surface area contributed by atoms with Crippen LogP contribution in [0.25, 0.3) is 0 Å². The summed E-state index contributed by atoms with van der Waals surface area (Å²) >= 11 is 0. The SMILES string of the molecule is COC(=O)c1cccc(C(F)(C(F)(F)F)C(F)(F)F)n1. The molecule has 0 aromatic carbocycles. The predicted molar refractivity (Wildman–Crippen MR) is 50.5 cm³/mol. The third-order valence-corrected chi connectivity index (χ3v) is 2.28. The standard InChI is InChI=1S/C10H6F7NO2/c1-20-7(19)5-3-2-4-6(18-5)8(11,9(12,13)14)10(15,16)17/h2-4H,1H3. The second kappa shape index (κ2) is 4.91. The highest BCUT2D eigenvalue weighted by Crippen LogP contribution is 2.52. The summed E-state index contributed by atoms with van der Waals surface area (Å²) in [6.07, 6.45) is -12.6. The number of hydrogen-bond acceptors (Lipinski definition) is 3. The quantitative estimate of drug-likeness (QED) is 0.622. The van der Waals surface area contributed by atoms with Crippen LogP contribution in [0.1, 0.15) is 16.2 Å². The van der Waals surface area contributed by atoms with Crippen molar-refractivity contribution in [2.75, 3.05) is 7.11 Å². The van der Waals surface area contributed by atoms with Crippen LogP contribution in [0.5, 0.6) is 0 Å². The lowest BCUT2D eigenvalue weighted by molar-refractivity contribution is -0.350. The van der Waals surface area contributed by atoms with Gasteiger partial charge in [-0.25, -0.2) is 14.2 Å². The maximum Gasteiger partial charge on any atom is 0.437 e. The van der Waals surface area contributed by atoms with Crippen LogP contribution >= 0.6 is 0 Å². The minimum atomic E-state index is -6.28. The van der Waals surface area contributed by atoms with Crippen molar-refractivity contribution in [1.29, 1.82) is 0 Å². The second-order valence-corrected chi connectivity index (χ2v) is 3.55. The lowest BCUT2D eigenvalue weighted by atomic mass is 9.99. The zero-order chi connectivity index (χ0) is 15.8. The zero-order valence-electron chi connectivity index (χ0n) is 9.64. The van der Waals surface area contributed by atoms with Crippen molar-refractivity contribution in [2.45, 2.75) is 18.0 Å². The number of hydrogen-bond donors (Lipinski definition) is 0. The average molecular weight is 305 g/mol. The summed E-state index contributed by atoms with van der Waals surface area (Å²) in [6.45, 7) is 0. The molecule has 0 aliphatic heterocycles. The summed E-state index contributed by atoms with van der Waals surface area (Å²) in [5.41, 5.74) is -8.54. The van der Waals surface area contributed by atoms with E-state index in [-0.39, 0.29) is 6.07 Å². The number of alkyl halides is 7. The topological polar surface area (TPSA) is 39.2 Å². The summed E-state index contributed by atoms with van der Waals surface area (Å²) in [5, 5.41) is 0. The molecule has 0 amide bonds. The molecule has 0 atom stereocenters. The smallest absolute Gasteiger partial charge is 0.437 e. The van der Waals surface area contributed by atoms with Gasteiger partial charge in [-0.15, -0.1) is 0 Å². The third kappa shape index (κ3) is 2.54. The minimum absolute atomic E-state index is 0.188. The molecule has 10 heteroatoms. The van der Waals surface area contributed by atoms with Gasteiger partial charge in [0.1, 0.15) is 5.69 Å². The molecule has 0 saturated carbocycles. The Kier molecular flexibility index (Phi) is 3.97. The molecule has 112 valence electrons. The first kappa shape index (κ1) is 16.2. The molecule has 3 nitrogen and oxygen atoms in total. The Morgan fingerprint density at radius 1 is 1.05 bits per heavy atom. The van der Waals surface area contributed by atoms with Gasteiger partial charge in [0.05, 0.1) is 12.8 Å². The third-order valence-electron chi connectivity index (χ3n) is 2.28. The highest BCUT2D eigenvalue weighted by molar-refractivity contribution is 5.87. The number of pyridine rings is 1. The van der Waals surface area contributed by atoms with Gasteiger partial charge in [0.2, 0.25) is 0 Å². The minimum Gasteiger partial charge on any atom is -0.464 e. The number of carbonyl (C=O) groups excluding carboxylic acids is 1. The van der Waals surface area contributed by atoms with E-state index in [2.05, 4.69) is 9.72 Å². The summed E-state index contributed by atoms with van der Waals surface area (Å²) in [6, 6.07) is 1.62. The summed E-state index contributed by atoms with van der Waals surface area (Å²) in [7, 11) is 0.840. The van der Waals surface area contributed by atoms with Crippen LogP contribution in [0, 0.1) is 0 Å². The van der Waals surface area contributed by atoms with Crippen molar-refractivity contribution in [2.24, 2.45) is 0 Å². The number of ether oxygens (including phenoxy) is 1. The van der Waals surface area contributed by atoms with Crippen LogP contribution in [-0.4, -0.2) is 30.4 Å². The molecule has 0 unspecified atom stereocenters. The van der Waals surface area contributed by atoms with Gasteiger partial charge >= 0.3 is 24.0 Å². The molecular formula is C10H6F7NO2. The number of methoxy groups -OCH3 is 1. The van der Waals surface area contributed by atoms with Crippen molar-refractivity contribution >= 4 is 5.97 Å². The van der Waals surface area contributed by atoms with Crippen LogP contribution in [-0.2, 0) is 10.4 Å². The van der Waals surface area contributed by atoms with Crippen molar-refractivity contribution in [3.05, 3.63) is 29.6 Å². The number of nitrogens with zero attached hydrogens (tertiary/aromatic N) is 1. The number of carbonyl (C=O) groups is 1. The lowest BCUT2D eigenvalue weighted by Gasteiger charge is -2.29. The van der Waals surface area contributed by atoms with Crippen LogP contribution in [0.4, 0.5) is 30.7 Å². The van der Waals surface area contributed by atoms with Gasteiger partial charge in [-0.2, -0.15) is 26.3 Å². The Morgan fingerprint density at radius 2 is 1.55 bits per heavy atom. The maximum absolute atomic E-state index is 13.6. The molecule has 0 spiro atoms. The van der Waals surface area contributed by atoms with E-state index in [0.29, 0.717) is 6.07 Å². The fraction of sp³-hybridized carbons (Fsp3) is 0.400. The van der Waals surface area contributed by atoms with Crippen LogP contribution in [0.3, 0.4) is 0 Å². The van der Waals surface area contributed by atoms with Gasteiger partial charge in [-0.3, -0.25) is 0 Å². The maximum atomic E-state index is 13.6. The number of aromatic nitrogens is 1. The molecule has 0 bridgehead atoms. The average Bonchev–Trinajstić information content (AvgIpc) is 2.34. The molecule has 0 radical (unpaired) electrons. The van der Waals surface area contributed by atoms with E-state index in [1.165, 1.54) is 0 Å². The summed E-state index contributed by atoms with van der Waals surface area (Å²) in [5.74, 6) is -1.29. The predicted octanol–water partition coefficient (Wildman–Crippen LogP) is 3.16. The molecule has 1 aromatic heterocycles. The van der Waals surface area contributed by atoms with Gasteiger partial charge in [0, 0.05) is 0 Å². The van der Waals surface area contributed by atoms with E-state index in [1.807, 2.05) is 0 Å². The second-order valence-electron chi connectivity index (χ2n) is 3.55. The van der Waals surface area contributed by atoms with Crippen LogP contribution in [0.15, 0.2) is 18.2 Å². The number of rotatable bonds is 2. The molecule has 0 saturated heterocycles. The normalized spacial score (nSPS) is 13.2. The molecule has 1 rings (SSSR count). The van der Waals surface area contributed by atoms with Gasteiger partial charge in [-0.1, -0.05) is 6.07 Å². The van der Waals surface area contributed by atoms with E-state index >= 15 is 0 Å². The van der Waals surface area contributed by atoms with E-state index in [4.69, 9.17) is 0 Å². The highest BCUT2D eigenvalue weighted by atomic mass is 19.4.